The Morgan fingerprint density at radius 1 is 1.25 bits per heavy atom. The van der Waals surface area contributed by atoms with Crippen LogP contribution in [-0.2, 0) is 4.79 Å². The second-order valence-electron chi connectivity index (χ2n) is 6.20. The van der Waals surface area contributed by atoms with E-state index >= 15 is 0 Å². The van der Waals surface area contributed by atoms with Crippen molar-refractivity contribution in [2.24, 2.45) is 23.7 Å². The minimum absolute atomic E-state index is 0.133. The number of nitriles is 1. The zero-order valence-corrected chi connectivity index (χ0v) is 12.7. The molecule has 3 rings (SSSR count). The SMILES string of the molecule is C[C@@H]1C2CC(=O)[C@H](C)C2CC1(C#N)Sc1ccccc1. The first-order chi connectivity index (χ1) is 9.57. The molecule has 104 valence electrons. The highest BCUT2D eigenvalue weighted by Crippen LogP contribution is 2.59. The molecule has 2 aliphatic carbocycles. The molecule has 0 spiro atoms. The maximum atomic E-state index is 11.9. The number of ketones is 1. The molecule has 2 aliphatic rings. The van der Waals surface area contributed by atoms with Crippen molar-refractivity contribution >= 4 is 17.5 Å². The van der Waals surface area contributed by atoms with E-state index in [0.717, 1.165) is 11.3 Å². The van der Waals surface area contributed by atoms with Gasteiger partial charge in [-0.05, 0) is 36.3 Å². The van der Waals surface area contributed by atoms with Gasteiger partial charge < -0.3 is 0 Å². The summed E-state index contributed by atoms with van der Waals surface area (Å²) in [6.45, 7) is 4.20. The summed E-state index contributed by atoms with van der Waals surface area (Å²) < 4.78 is -0.369. The minimum Gasteiger partial charge on any atom is -0.299 e. The van der Waals surface area contributed by atoms with E-state index in [1.807, 2.05) is 25.1 Å². The van der Waals surface area contributed by atoms with Gasteiger partial charge in [0.2, 0.25) is 0 Å². The number of carbonyl (C=O) groups excluding carboxylic acids is 1. The van der Waals surface area contributed by atoms with Gasteiger partial charge in [-0.2, -0.15) is 5.26 Å². The molecule has 0 radical (unpaired) electrons. The first kappa shape index (κ1) is 13.7. The van der Waals surface area contributed by atoms with Crippen LogP contribution >= 0.6 is 11.8 Å². The Kier molecular flexibility index (Phi) is 3.38. The van der Waals surface area contributed by atoms with Gasteiger partial charge in [0.15, 0.2) is 0 Å². The van der Waals surface area contributed by atoms with Crippen LogP contribution in [0.25, 0.3) is 0 Å². The average Bonchev–Trinajstić information content (AvgIpc) is 2.89. The van der Waals surface area contributed by atoms with Crippen molar-refractivity contribution in [2.75, 3.05) is 0 Å². The lowest BCUT2D eigenvalue weighted by Gasteiger charge is -2.27. The number of hydrogen-bond acceptors (Lipinski definition) is 3. The number of Topliss-reactive ketones (excluding diaryl/α,β-unsaturated/α-hetero) is 1. The van der Waals surface area contributed by atoms with E-state index in [4.69, 9.17) is 0 Å². The van der Waals surface area contributed by atoms with Gasteiger partial charge in [0.1, 0.15) is 10.5 Å². The summed E-state index contributed by atoms with van der Waals surface area (Å²) in [5, 5.41) is 9.80. The molecule has 2 fully saturated rings. The van der Waals surface area contributed by atoms with Crippen molar-refractivity contribution in [3.63, 3.8) is 0 Å². The third-order valence-corrected chi connectivity index (χ3v) is 6.79. The Morgan fingerprint density at radius 2 is 1.95 bits per heavy atom. The first-order valence-electron chi connectivity index (χ1n) is 7.25. The van der Waals surface area contributed by atoms with Gasteiger partial charge in [0.05, 0.1) is 6.07 Å². The molecular formula is C17H19NOS. The van der Waals surface area contributed by atoms with Crippen LogP contribution < -0.4 is 0 Å². The Morgan fingerprint density at radius 3 is 2.55 bits per heavy atom. The minimum atomic E-state index is -0.369. The number of thioether (sulfide) groups is 1. The summed E-state index contributed by atoms with van der Waals surface area (Å²) in [7, 11) is 0. The van der Waals surface area contributed by atoms with Gasteiger partial charge in [-0.3, -0.25) is 4.79 Å². The zero-order valence-electron chi connectivity index (χ0n) is 11.9. The van der Waals surface area contributed by atoms with E-state index in [1.54, 1.807) is 11.8 Å². The maximum absolute atomic E-state index is 11.9. The molecule has 2 saturated carbocycles. The monoisotopic (exact) mass is 285 g/mol. The van der Waals surface area contributed by atoms with Crippen molar-refractivity contribution in [2.45, 2.75) is 36.3 Å². The van der Waals surface area contributed by atoms with Crippen LogP contribution in [0, 0.1) is 35.0 Å². The third kappa shape index (κ3) is 1.98. The number of rotatable bonds is 2. The maximum Gasteiger partial charge on any atom is 0.136 e. The molecule has 0 aliphatic heterocycles. The molecule has 2 nitrogen and oxygen atoms in total. The Hall–Kier alpha value is -1.27. The lowest BCUT2D eigenvalue weighted by molar-refractivity contribution is -0.121. The smallest absolute Gasteiger partial charge is 0.136 e. The van der Waals surface area contributed by atoms with Crippen LogP contribution in [0.4, 0.5) is 0 Å². The van der Waals surface area contributed by atoms with E-state index in [1.165, 1.54) is 0 Å². The normalized spacial score (nSPS) is 39.5. The summed E-state index contributed by atoms with van der Waals surface area (Å²) in [4.78, 5) is 13.1. The zero-order chi connectivity index (χ0) is 14.3. The Bertz CT molecular complexity index is 564. The highest BCUT2D eigenvalue weighted by atomic mass is 32.2. The standard InChI is InChI=1S/C17H19NOS/c1-11-15-9-17(10-18,12(2)14(15)8-16(11)19)20-13-6-4-3-5-7-13/h3-7,11-12,14-15H,8-9H2,1-2H3/t11-,12-,14?,15?,17?/m1/s1. The summed E-state index contributed by atoms with van der Waals surface area (Å²) in [6.07, 6.45) is 1.52. The Labute approximate surface area is 124 Å². The average molecular weight is 285 g/mol. The Balaban J connectivity index is 1.89. The quantitative estimate of drug-likeness (QED) is 0.827. The lowest BCUT2D eigenvalue weighted by atomic mass is 9.89. The number of fused-ring (bicyclic) bond motifs is 1. The molecule has 3 heteroatoms. The molecule has 1 aromatic rings. The molecular weight excluding hydrogens is 266 g/mol. The van der Waals surface area contributed by atoms with Crippen LogP contribution in [0.3, 0.4) is 0 Å². The van der Waals surface area contributed by atoms with E-state index in [-0.39, 0.29) is 16.6 Å². The van der Waals surface area contributed by atoms with E-state index in [9.17, 15) is 10.1 Å². The van der Waals surface area contributed by atoms with E-state index in [2.05, 4.69) is 25.1 Å². The molecule has 0 heterocycles. The molecule has 0 bridgehead atoms. The van der Waals surface area contributed by atoms with Crippen molar-refractivity contribution in [3.8, 4) is 6.07 Å². The highest BCUT2D eigenvalue weighted by molar-refractivity contribution is 8.01. The third-order valence-electron chi connectivity index (χ3n) is 5.29. The predicted molar refractivity (Wildman–Crippen MR) is 80.2 cm³/mol. The van der Waals surface area contributed by atoms with E-state index in [0.29, 0.717) is 24.0 Å². The molecule has 0 amide bonds. The van der Waals surface area contributed by atoms with Crippen LogP contribution in [-0.4, -0.2) is 10.5 Å². The number of hydrogen-bond donors (Lipinski definition) is 0. The second-order valence-corrected chi connectivity index (χ2v) is 7.60. The van der Waals surface area contributed by atoms with Crippen LogP contribution in [0.15, 0.2) is 35.2 Å². The predicted octanol–water partition coefficient (Wildman–Crippen LogP) is 3.92. The van der Waals surface area contributed by atoms with Gasteiger partial charge in [0, 0.05) is 17.2 Å². The molecule has 20 heavy (non-hydrogen) atoms. The van der Waals surface area contributed by atoms with E-state index < -0.39 is 0 Å². The van der Waals surface area contributed by atoms with Crippen molar-refractivity contribution in [3.05, 3.63) is 30.3 Å². The molecule has 0 saturated heterocycles. The van der Waals surface area contributed by atoms with Gasteiger partial charge in [-0.25, -0.2) is 0 Å². The summed E-state index contributed by atoms with van der Waals surface area (Å²) in [5.74, 6) is 1.59. The van der Waals surface area contributed by atoms with Gasteiger partial charge in [-0.15, -0.1) is 11.8 Å². The van der Waals surface area contributed by atoms with Gasteiger partial charge >= 0.3 is 0 Å². The fourth-order valence-electron chi connectivity index (χ4n) is 3.94. The fourth-order valence-corrected chi connectivity index (χ4v) is 5.34. The van der Waals surface area contributed by atoms with Crippen molar-refractivity contribution in [1.82, 2.24) is 0 Å². The molecule has 0 N–H and O–H groups in total. The number of nitrogens with zero attached hydrogens (tertiary/aromatic N) is 1. The van der Waals surface area contributed by atoms with Crippen LogP contribution in [0.5, 0.6) is 0 Å². The topological polar surface area (TPSA) is 40.9 Å². The molecule has 3 unspecified atom stereocenters. The van der Waals surface area contributed by atoms with Gasteiger partial charge in [0.25, 0.3) is 0 Å². The van der Waals surface area contributed by atoms with Crippen molar-refractivity contribution in [1.29, 1.82) is 5.26 Å². The van der Waals surface area contributed by atoms with Crippen molar-refractivity contribution < 1.29 is 4.79 Å². The van der Waals surface area contributed by atoms with Crippen LogP contribution in [0.1, 0.15) is 26.7 Å². The number of benzene rings is 1. The fraction of sp³-hybridized carbons (Fsp3) is 0.529. The van der Waals surface area contributed by atoms with Crippen LogP contribution in [0.2, 0.25) is 0 Å². The largest absolute Gasteiger partial charge is 0.299 e. The summed E-state index contributed by atoms with van der Waals surface area (Å²) >= 11 is 1.69. The van der Waals surface area contributed by atoms with Gasteiger partial charge in [-0.1, -0.05) is 32.0 Å². The lowest BCUT2D eigenvalue weighted by Crippen LogP contribution is -2.29. The summed E-state index contributed by atoms with van der Waals surface area (Å²) in [6, 6.07) is 12.8. The molecule has 1 aromatic carbocycles. The molecule has 5 atom stereocenters. The first-order valence-corrected chi connectivity index (χ1v) is 8.07. The highest BCUT2D eigenvalue weighted by Gasteiger charge is 2.57. The number of carbonyl (C=O) groups is 1. The summed E-state index contributed by atoms with van der Waals surface area (Å²) in [5.41, 5.74) is 0. The second kappa shape index (κ2) is 4.93. The molecule has 0 aromatic heterocycles.